The highest BCUT2D eigenvalue weighted by molar-refractivity contribution is 5.79. The van der Waals surface area contributed by atoms with E-state index in [1.165, 1.54) is 45.2 Å². The Hall–Kier alpha value is -0.810. The molecule has 0 radical (unpaired) electrons. The van der Waals surface area contributed by atoms with Crippen molar-refractivity contribution in [3.05, 3.63) is 0 Å². The zero-order valence-electron chi connectivity index (χ0n) is 14.4. The van der Waals surface area contributed by atoms with Crippen molar-refractivity contribution >= 4 is 5.96 Å². The Morgan fingerprint density at radius 2 is 2.05 bits per heavy atom. The molecule has 1 heterocycles. The molecule has 2 rings (SSSR count). The van der Waals surface area contributed by atoms with Gasteiger partial charge in [-0.25, -0.2) is 0 Å². The number of rotatable bonds is 10. The quantitative estimate of drug-likeness (QED) is 0.367. The second-order valence-corrected chi connectivity index (χ2v) is 6.56. The van der Waals surface area contributed by atoms with E-state index in [-0.39, 0.29) is 0 Å². The second-order valence-electron chi connectivity index (χ2n) is 6.56. The number of hydrogen-bond acceptors (Lipinski definition) is 3. The summed E-state index contributed by atoms with van der Waals surface area (Å²) in [6.07, 6.45) is 7.67. The van der Waals surface area contributed by atoms with Crippen LogP contribution in [0.2, 0.25) is 0 Å². The summed E-state index contributed by atoms with van der Waals surface area (Å²) in [5, 5.41) is 6.86. The van der Waals surface area contributed by atoms with E-state index in [0.717, 1.165) is 44.6 Å². The van der Waals surface area contributed by atoms with Crippen molar-refractivity contribution < 1.29 is 4.74 Å². The van der Waals surface area contributed by atoms with Gasteiger partial charge in [0.1, 0.15) is 0 Å². The maximum atomic E-state index is 5.65. The standard InChI is InChI=1S/C17H34N4O/c1-3-16(21-10-4-5-11-21)13-20-17(18-2)19-9-6-12-22-14-15-7-8-15/h15-16H,3-14H2,1-2H3,(H2,18,19,20). The van der Waals surface area contributed by atoms with Crippen LogP contribution in [0.15, 0.2) is 4.99 Å². The summed E-state index contributed by atoms with van der Waals surface area (Å²) in [6, 6.07) is 0.628. The van der Waals surface area contributed by atoms with Gasteiger partial charge in [0.15, 0.2) is 5.96 Å². The first kappa shape index (κ1) is 17.5. The van der Waals surface area contributed by atoms with E-state index in [0.29, 0.717) is 6.04 Å². The van der Waals surface area contributed by atoms with Crippen LogP contribution in [-0.4, -0.2) is 63.3 Å². The van der Waals surface area contributed by atoms with Gasteiger partial charge in [-0.15, -0.1) is 0 Å². The number of hydrogen-bond donors (Lipinski definition) is 2. The molecule has 0 aromatic heterocycles. The fourth-order valence-electron chi connectivity index (χ4n) is 2.99. The van der Waals surface area contributed by atoms with Crippen LogP contribution in [0.5, 0.6) is 0 Å². The molecule has 2 aliphatic rings. The van der Waals surface area contributed by atoms with Crippen LogP contribution in [0, 0.1) is 5.92 Å². The average Bonchev–Trinajstić information content (AvgIpc) is 3.21. The Labute approximate surface area is 135 Å². The topological polar surface area (TPSA) is 48.9 Å². The molecule has 1 aliphatic carbocycles. The number of guanidine groups is 1. The molecule has 0 spiro atoms. The lowest BCUT2D eigenvalue weighted by Gasteiger charge is -2.27. The fraction of sp³-hybridized carbons (Fsp3) is 0.941. The third-order valence-corrected chi connectivity index (χ3v) is 4.67. The van der Waals surface area contributed by atoms with Crippen molar-refractivity contribution in [2.75, 3.05) is 46.4 Å². The summed E-state index contributed by atoms with van der Waals surface area (Å²) in [6.45, 7) is 8.50. The molecular formula is C17H34N4O. The van der Waals surface area contributed by atoms with Gasteiger partial charge < -0.3 is 15.4 Å². The normalized spacial score (nSPS) is 21.1. The molecule has 1 aliphatic heterocycles. The van der Waals surface area contributed by atoms with Gasteiger partial charge in [0.2, 0.25) is 0 Å². The lowest BCUT2D eigenvalue weighted by atomic mass is 10.2. The number of ether oxygens (including phenoxy) is 1. The molecule has 1 saturated heterocycles. The van der Waals surface area contributed by atoms with Gasteiger partial charge >= 0.3 is 0 Å². The molecule has 5 heteroatoms. The fourth-order valence-corrected chi connectivity index (χ4v) is 2.99. The molecule has 1 atom stereocenters. The lowest BCUT2D eigenvalue weighted by Crippen LogP contribution is -2.46. The largest absolute Gasteiger partial charge is 0.381 e. The highest BCUT2D eigenvalue weighted by Crippen LogP contribution is 2.28. The van der Waals surface area contributed by atoms with E-state index in [1.54, 1.807) is 0 Å². The highest BCUT2D eigenvalue weighted by Gasteiger charge is 2.21. The maximum Gasteiger partial charge on any atom is 0.191 e. The smallest absolute Gasteiger partial charge is 0.191 e. The van der Waals surface area contributed by atoms with Gasteiger partial charge in [-0.2, -0.15) is 0 Å². The van der Waals surface area contributed by atoms with Crippen LogP contribution < -0.4 is 10.6 Å². The van der Waals surface area contributed by atoms with Crippen LogP contribution in [0.4, 0.5) is 0 Å². The third kappa shape index (κ3) is 6.53. The highest BCUT2D eigenvalue weighted by atomic mass is 16.5. The van der Waals surface area contributed by atoms with E-state index in [1.807, 2.05) is 7.05 Å². The summed E-state index contributed by atoms with van der Waals surface area (Å²) in [4.78, 5) is 6.92. The zero-order chi connectivity index (χ0) is 15.6. The van der Waals surface area contributed by atoms with Gasteiger partial charge in [0.05, 0.1) is 0 Å². The zero-order valence-corrected chi connectivity index (χ0v) is 14.4. The Bertz CT molecular complexity index is 325. The molecule has 5 nitrogen and oxygen atoms in total. The van der Waals surface area contributed by atoms with E-state index in [9.17, 15) is 0 Å². The van der Waals surface area contributed by atoms with Crippen LogP contribution >= 0.6 is 0 Å². The van der Waals surface area contributed by atoms with Gasteiger partial charge in [-0.05, 0) is 57.5 Å². The number of likely N-dealkylation sites (tertiary alicyclic amines) is 1. The minimum atomic E-state index is 0.628. The molecule has 2 N–H and O–H groups in total. The molecule has 0 bridgehead atoms. The minimum absolute atomic E-state index is 0.628. The van der Waals surface area contributed by atoms with Crippen molar-refractivity contribution in [1.82, 2.24) is 15.5 Å². The number of aliphatic imine (C=N–C) groups is 1. The molecule has 0 aromatic rings. The average molecular weight is 310 g/mol. The molecule has 128 valence electrons. The predicted molar refractivity (Wildman–Crippen MR) is 92.4 cm³/mol. The Kier molecular flexibility index (Phi) is 8.02. The molecular weight excluding hydrogens is 276 g/mol. The van der Waals surface area contributed by atoms with Crippen LogP contribution in [0.1, 0.15) is 45.4 Å². The number of nitrogens with zero attached hydrogens (tertiary/aromatic N) is 2. The van der Waals surface area contributed by atoms with E-state index < -0.39 is 0 Å². The molecule has 0 amide bonds. The van der Waals surface area contributed by atoms with Gasteiger partial charge in [-0.1, -0.05) is 6.92 Å². The Morgan fingerprint density at radius 3 is 2.68 bits per heavy atom. The summed E-state index contributed by atoms with van der Waals surface area (Å²) >= 11 is 0. The molecule has 2 fully saturated rings. The minimum Gasteiger partial charge on any atom is -0.381 e. The SMILES string of the molecule is CCC(CNC(=NC)NCCCOCC1CC1)N1CCCC1. The van der Waals surface area contributed by atoms with Crippen molar-refractivity contribution in [1.29, 1.82) is 0 Å². The first-order valence-corrected chi connectivity index (χ1v) is 9.09. The van der Waals surface area contributed by atoms with Gasteiger partial charge in [0, 0.05) is 39.4 Å². The van der Waals surface area contributed by atoms with Gasteiger partial charge in [-0.3, -0.25) is 9.89 Å². The van der Waals surface area contributed by atoms with Crippen LogP contribution in [0.25, 0.3) is 0 Å². The van der Waals surface area contributed by atoms with E-state index >= 15 is 0 Å². The number of nitrogens with one attached hydrogen (secondary N) is 2. The molecule has 1 saturated carbocycles. The Morgan fingerprint density at radius 1 is 1.27 bits per heavy atom. The van der Waals surface area contributed by atoms with Crippen LogP contribution in [-0.2, 0) is 4.74 Å². The van der Waals surface area contributed by atoms with Crippen molar-refractivity contribution in [3.63, 3.8) is 0 Å². The maximum absolute atomic E-state index is 5.65. The summed E-state index contributed by atoms with van der Waals surface area (Å²) in [5.41, 5.74) is 0. The molecule has 1 unspecified atom stereocenters. The summed E-state index contributed by atoms with van der Waals surface area (Å²) in [7, 11) is 1.84. The predicted octanol–water partition coefficient (Wildman–Crippen LogP) is 1.84. The first-order valence-electron chi connectivity index (χ1n) is 9.09. The van der Waals surface area contributed by atoms with Gasteiger partial charge in [0.25, 0.3) is 0 Å². The first-order chi connectivity index (χ1) is 10.8. The lowest BCUT2D eigenvalue weighted by molar-refractivity contribution is 0.123. The van der Waals surface area contributed by atoms with E-state index in [4.69, 9.17) is 4.74 Å². The molecule has 22 heavy (non-hydrogen) atoms. The summed E-state index contributed by atoms with van der Waals surface area (Å²) in [5.74, 6) is 1.78. The van der Waals surface area contributed by atoms with Crippen LogP contribution in [0.3, 0.4) is 0 Å². The van der Waals surface area contributed by atoms with Crippen molar-refractivity contribution in [2.45, 2.75) is 51.5 Å². The Balaban J connectivity index is 1.53. The monoisotopic (exact) mass is 310 g/mol. The second kappa shape index (κ2) is 10.1. The molecule has 0 aromatic carbocycles. The van der Waals surface area contributed by atoms with E-state index in [2.05, 4.69) is 27.4 Å². The summed E-state index contributed by atoms with van der Waals surface area (Å²) < 4.78 is 5.65. The van der Waals surface area contributed by atoms with Crippen molar-refractivity contribution in [3.8, 4) is 0 Å². The third-order valence-electron chi connectivity index (χ3n) is 4.67. The van der Waals surface area contributed by atoms with Crippen molar-refractivity contribution in [2.24, 2.45) is 10.9 Å².